The van der Waals surface area contributed by atoms with Gasteiger partial charge >= 0.3 is 5.97 Å². The minimum atomic E-state index is -1.65. The van der Waals surface area contributed by atoms with E-state index in [2.05, 4.69) is 10.9 Å². The number of hydrogen-bond donors (Lipinski definition) is 3. The van der Waals surface area contributed by atoms with Gasteiger partial charge in [-0.05, 0) is 87.7 Å². The fourth-order valence-electron chi connectivity index (χ4n) is 4.86. The number of ether oxygens (including phenoxy) is 3. The van der Waals surface area contributed by atoms with Gasteiger partial charge in [-0.25, -0.2) is 14.8 Å². The zero-order chi connectivity index (χ0) is 33.3. The molecule has 0 bridgehead atoms. The van der Waals surface area contributed by atoms with Gasteiger partial charge in [-0.2, -0.15) is 0 Å². The van der Waals surface area contributed by atoms with Crippen LogP contribution in [0.2, 0.25) is 10.0 Å². The first kappa shape index (κ1) is 35.2. The molecule has 1 aliphatic heterocycles. The predicted octanol–water partition coefficient (Wildman–Crippen LogP) is 6.14. The number of halogens is 3. The summed E-state index contributed by atoms with van der Waals surface area (Å²) in [5.74, 6) is -0.623. The molecule has 4 rings (SSSR count). The number of aliphatic imine (C=N–C) groups is 1. The monoisotopic (exact) mass is 673 g/mol. The Morgan fingerprint density at radius 1 is 1.07 bits per heavy atom. The molecule has 0 unspecified atom stereocenters. The predicted molar refractivity (Wildman–Crippen MR) is 175 cm³/mol. The van der Waals surface area contributed by atoms with Crippen molar-refractivity contribution in [1.29, 1.82) is 0 Å². The van der Waals surface area contributed by atoms with Crippen LogP contribution in [0.25, 0.3) is 0 Å². The highest BCUT2D eigenvalue weighted by Gasteiger charge is 2.54. The van der Waals surface area contributed by atoms with E-state index in [1.807, 2.05) is 0 Å². The molecule has 0 saturated carbocycles. The Kier molecular flexibility index (Phi) is 12.0. The van der Waals surface area contributed by atoms with Crippen LogP contribution >= 0.6 is 23.2 Å². The number of aliphatic hydroxyl groups is 1. The molecule has 12 heteroatoms. The minimum absolute atomic E-state index is 0.0198. The highest BCUT2D eigenvalue weighted by Crippen LogP contribution is 2.45. The summed E-state index contributed by atoms with van der Waals surface area (Å²) in [5.41, 5.74) is 5.21. The Bertz CT molecular complexity index is 1530. The first-order valence-corrected chi connectivity index (χ1v) is 15.7. The second-order valence-electron chi connectivity index (χ2n) is 11.8. The molecule has 0 radical (unpaired) electrons. The molecule has 3 N–H and O–H groups in total. The lowest BCUT2D eigenvalue weighted by molar-refractivity contribution is -0.155. The third kappa shape index (κ3) is 9.42. The Hall–Kier alpha value is -3.70. The van der Waals surface area contributed by atoms with Gasteiger partial charge in [0.2, 0.25) is 5.90 Å². The summed E-state index contributed by atoms with van der Waals surface area (Å²) in [4.78, 5) is 32.0. The molecule has 46 heavy (non-hydrogen) atoms. The quantitative estimate of drug-likeness (QED) is 0.107. The summed E-state index contributed by atoms with van der Waals surface area (Å²) in [6.07, 6.45) is -0.235. The fourth-order valence-corrected chi connectivity index (χ4v) is 5.36. The molecule has 0 saturated heterocycles. The standard InChI is InChI=1S/C34H38Cl2FN3O6/c1-33(2,3)46-29(42)15-17-34(32(43)40-38-18-16-22-5-10-25(37)11-6-22)30(27-14-9-24(35)21-28(27)36)45-31(39-34)23-7-12-26(13-8-23)44-20-4-19-41/h5-14,21,30,38,41H,4,15-20H2,1-3H3,(H,40,43)/t30-,34-/m0/s1. The zero-order valence-electron chi connectivity index (χ0n) is 25.9. The minimum Gasteiger partial charge on any atom is -0.494 e. The molecular weight excluding hydrogens is 636 g/mol. The maximum absolute atomic E-state index is 14.2. The number of hydrogen-bond acceptors (Lipinski definition) is 8. The Balaban J connectivity index is 1.67. The van der Waals surface area contributed by atoms with E-state index < -0.39 is 29.1 Å². The molecule has 0 spiro atoms. The lowest BCUT2D eigenvalue weighted by atomic mass is 9.83. The number of esters is 1. The number of nitrogens with zero attached hydrogens (tertiary/aromatic N) is 1. The number of rotatable bonds is 14. The van der Waals surface area contributed by atoms with E-state index in [0.717, 1.165) is 5.56 Å². The smallest absolute Gasteiger partial charge is 0.306 e. The van der Waals surface area contributed by atoms with Crippen molar-refractivity contribution in [1.82, 2.24) is 10.9 Å². The van der Waals surface area contributed by atoms with Crippen LogP contribution in [0.5, 0.6) is 5.75 Å². The highest BCUT2D eigenvalue weighted by molar-refractivity contribution is 6.35. The Labute approximate surface area is 278 Å². The number of aliphatic hydroxyl groups excluding tert-OH is 1. The SMILES string of the molecule is CC(C)(C)OC(=O)CC[C@]1(C(=O)NNCCc2ccc(F)cc2)N=C(c2ccc(OCCCO)cc2)O[C@H]1c1ccc(Cl)cc1Cl. The largest absolute Gasteiger partial charge is 0.494 e. The molecule has 9 nitrogen and oxygen atoms in total. The van der Waals surface area contributed by atoms with Crippen molar-refractivity contribution in [2.24, 2.45) is 4.99 Å². The highest BCUT2D eigenvalue weighted by atomic mass is 35.5. The molecule has 1 aliphatic rings. The first-order valence-electron chi connectivity index (χ1n) is 15.0. The number of hydrazine groups is 1. The van der Waals surface area contributed by atoms with Crippen molar-refractivity contribution in [2.45, 2.75) is 63.7 Å². The lowest BCUT2D eigenvalue weighted by Crippen LogP contribution is -2.53. The maximum Gasteiger partial charge on any atom is 0.306 e. The van der Waals surface area contributed by atoms with E-state index in [-0.39, 0.29) is 36.2 Å². The van der Waals surface area contributed by atoms with Gasteiger partial charge in [-0.3, -0.25) is 15.0 Å². The van der Waals surface area contributed by atoms with Gasteiger partial charge in [0.05, 0.1) is 6.61 Å². The number of benzene rings is 3. The van der Waals surface area contributed by atoms with Crippen LogP contribution in [-0.2, 0) is 25.5 Å². The summed E-state index contributed by atoms with van der Waals surface area (Å²) < 4.78 is 30.9. The second kappa shape index (κ2) is 15.7. The van der Waals surface area contributed by atoms with Crippen molar-refractivity contribution < 1.29 is 33.3 Å². The molecule has 3 aromatic carbocycles. The van der Waals surface area contributed by atoms with Gasteiger partial charge in [0.1, 0.15) is 17.2 Å². The van der Waals surface area contributed by atoms with Gasteiger partial charge < -0.3 is 19.3 Å². The maximum atomic E-state index is 14.2. The molecule has 1 heterocycles. The zero-order valence-corrected chi connectivity index (χ0v) is 27.5. The molecule has 0 fully saturated rings. The van der Waals surface area contributed by atoms with Crippen LogP contribution in [0.1, 0.15) is 62.8 Å². The van der Waals surface area contributed by atoms with Crippen molar-refractivity contribution in [2.75, 3.05) is 19.8 Å². The summed E-state index contributed by atoms with van der Waals surface area (Å²) >= 11 is 12.9. The summed E-state index contributed by atoms with van der Waals surface area (Å²) in [7, 11) is 0. The average Bonchev–Trinajstić information content (AvgIpc) is 3.39. The number of carbonyl (C=O) groups excluding carboxylic acids is 2. The topological polar surface area (TPSA) is 118 Å². The van der Waals surface area contributed by atoms with Crippen LogP contribution in [-0.4, -0.2) is 53.8 Å². The van der Waals surface area contributed by atoms with Crippen LogP contribution < -0.4 is 15.6 Å². The van der Waals surface area contributed by atoms with Crippen molar-refractivity contribution in [3.63, 3.8) is 0 Å². The summed E-state index contributed by atoms with van der Waals surface area (Å²) in [5, 5.41) is 9.70. The lowest BCUT2D eigenvalue weighted by Gasteiger charge is -2.31. The third-order valence-corrected chi connectivity index (χ3v) is 7.62. The summed E-state index contributed by atoms with van der Waals surface area (Å²) in [6, 6.07) is 17.9. The number of amides is 1. The van der Waals surface area contributed by atoms with Crippen LogP contribution in [0, 0.1) is 5.82 Å². The number of nitrogens with one attached hydrogen (secondary N) is 2. The van der Waals surface area contributed by atoms with E-state index in [9.17, 15) is 14.0 Å². The summed E-state index contributed by atoms with van der Waals surface area (Å²) in [6.45, 7) is 6.00. The molecule has 1 amide bonds. The van der Waals surface area contributed by atoms with Crippen molar-refractivity contribution in [3.8, 4) is 5.75 Å². The first-order chi connectivity index (χ1) is 21.9. The molecule has 2 atom stereocenters. The normalized spacial score (nSPS) is 17.6. The number of carbonyl (C=O) groups is 2. The van der Waals surface area contributed by atoms with Crippen molar-refractivity contribution >= 4 is 41.0 Å². The second-order valence-corrected chi connectivity index (χ2v) is 12.6. The molecule has 0 aliphatic carbocycles. The van der Waals surface area contributed by atoms with Gasteiger partial charge in [0, 0.05) is 47.2 Å². The van der Waals surface area contributed by atoms with Gasteiger partial charge in [0.25, 0.3) is 5.91 Å². The van der Waals surface area contributed by atoms with Crippen LogP contribution in [0.4, 0.5) is 4.39 Å². The van der Waals surface area contributed by atoms with E-state index in [0.29, 0.717) is 47.9 Å². The molecule has 246 valence electrons. The van der Waals surface area contributed by atoms with E-state index >= 15 is 0 Å². The molecule has 0 aromatic heterocycles. The average molecular weight is 675 g/mol. The van der Waals surface area contributed by atoms with E-state index in [1.54, 1.807) is 75.4 Å². The van der Waals surface area contributed by atoms with E-state index in [4.69, 9.17) is 47.5 Å². The Morgan fingerprint density at radius 3 is 2.43 bits per heavy atom. The Morgan fingerprint density at radius 2 is 1.78 bits per heavy atom. The third-order valence-electron chi connectivity index (χ3n) is 7.06. The van der Waals surface area contributed by atoms with Crippen molar-refractivity contribution in [3.05, 3.63) is 99.3 Å². The molecular formula is C34H38Cl2FN3O6. The van der Waals surface area contributed by atoms with Crippen LogP contribution in [0.3, 0.4) is 0 Å². The fraction of sp³-hybridized carbons (Fsp3) is 0.382. The van der Waals surface area contributed by atoms with Crippen LogP contribution in [0.15, 0.2) is 71.7 Å². The van der Waals surface area contributed by atoms with Gasteiger partial charge in [-0.1, -0.05) is 41.4 Å². The van der Waals surface area contributed by atoms with E-state index in [1.165, 1.54) is 12.1 Å². The molecule has 3 aromatic rings. The van der Waals surface area contributed by atoms with Gasteiger partial charge in [-0.15, -0.1) is 0 Å². The van der Waals surface area contributed by atoms with Gasteiger partial charge in [0.15, 0.2) is 11.6 Å².